The fourth-order valence-corrected chi connectivity index (χ4v) is 3.97. The maximum Gasteiger partial charge on any atom is 0.246 e. The van der Waals surface area contributed by atoms with Gasteiger partial charge in [0.1, 0.15) is 12.0 Å². The lowest BCUT2D eigenvalue weighted by molar-refractivity contribution is -0.119. The highest BCUT2D eigenvalue weighted by molar-refractivity contribution is 6.42. The second kappa shape index (κ2) is 6.03. The van der Waals surface area contributed by atoms with E-state index in [1.54, 1.807) is 29.2 Å². The van der Waals surface area contributed by atoms with Crippen molar-refractivity contribution in [1.29, 1.82) is 0 Å². The van der Waals surface area contributed by atoms with Crippen LogP contribution in [0.1, 0.15) is 24.6 Å². The van der Waals surface area contributed by atoms with E-state index in [1.807, 2.05) is 6.07 Å². The van der Waals surface area contributed by atoms with E-state index in [9.17, 15) is 9.18 Å². The molecule has 2 atom stereocenters. The molecule has 24 heavy (non-hydrogen) atoms. The van der Waals surface area contributed by atoms with Crippen LogP contribution < -0.4 is 4.90 Å². The molecule has 2 aromatic carbocycles. The summed E-state index contributed by atoms with van der Waals surface area (Å²) in [5.74, 6) is -0.271. The quantitative estimate of drug-likeness (QED) is 0.774. The molecule has 0 aromatic heterocycles. The minimum absolute atomic E-state index is 0.0511. The van der Waals surface area contributed by atoms with Crippen molar-refractivity contribution >= 4 is 34.8 Å². The van der Waals surface area contributed by atoms with E-state index in [4.69, 9.17) is 23.2 Å². The number of amides is 1. The fraction of sp³-hybridized carbons (Fsp3) is 0.278. The number of carbonyl (C=O) groups is 1. The molecule has 0 bridgehead atoms. The van der Waals surface area contributed by atoms with Crippen LogP contribution in [0.3, 0.4) is 0 Å². The van der Waals surface area contributed by atoms with Crippen molar-refractivity contribution in [2.75, 3.05) is 11.4 Å². The third kappa shape index (κ3) is 2.50. The number of fused-ring (bicyclic) bond motifs is 1. The Bertz CT molecular complexity index is 796. The molecule has 2 aromatic rings. The highest BCUT2D eigenvalue weighted by Crippen LogP contribution is 2.43. The Hall–Kier alpha value is -1.62. The van der Waals surface area contributed by atoms with Crippen LogP contribution in [-0.2, 0) is 4.79 Å². The summed E-state index contributed by atoms with van der Waals surface area (Å²) in [6.07, 6.45) is 1.59. The number of nitrogens with zero attached hydrogens (tertiary/aromatic N) is 2. The van der Waals surface area contributed by atoms with E-state index in [0.29, 0.717) is 15.7 Å². The largest absolute Gasteiger partial charge is 0.291 e. The first kappa shape index (κ1) is 15.9. The normalized spacial score (nSPS) is 23.8. The van der Waals surface area contributed by atoms with Gasteiger partial charge in [-0.1, -0.05) is 29.3 Å². The molecule has 2 aliphatic heterocycles. The smallest absolute Gasteiger partial charge is 0.246 e. The van der Waals surface area contributed by atoms with Crippen molar-refractivity contribution in [2.24, 2.45) is 0 Å². The first-order valence-corrected chi connectivity index (χ1v) is 8.61. The van der Waals surface area contributed by atoms with Crippen molar-refractivity contribution in [2.45, 2.75) is 25.0 Å². The molecule has 0 aliphatic carbocycles. The summed E-state index contributed by atoms with van der Waals surface area (Å²) in [5, 5.41) is 0.944. The van der Waals surface area contributed by atoms with Gasteiger partial charge in [-0.05, 0) is 54.8 Å². The second-order valence-electron chi connectivity index (χ2n) is 6.13. The van der Waals surface area contributed by atoms with Crippen molar-refractivity contribution < 1.29 is 9.18 Å². The average Bonchev–Trinajstić information content (AvgIpc) is 3.14. The third-order valence-electron chi connectivity index (χ3n) is 4.72. The van der Waals surface area contributed by atoms with Gasteiger partial charge in [0.15, 0.2) is 0 Å². The van der Waals surface area contributed by atoms with Gasteiger partial charge in [0.2, 0.25) is 5.91 Å². The zero-order valence-electron chi connectivity index (χ0n) is 12.8. The standard InChI is InChI=1S/C18H15Cl2FN2O/c19-14-8-3-11(10-15(14)20)17-22-9-1-2-16(22)18(24)23(17)13-6-4-12(21)5-7-13/h3-8,10,16-17H,1-2,9H2/t16-,17+/m0/s1. The van der Waals surface area contributed by atoms with Crippen LogP contribution in [0.15, 0.2) is 42.5 Å². The zero-order chi connectivity index (χ0) is 16.8. The third-order valence-corrected chi connectivity index (χ3v) is 5.46. The minimum atomic E-state index is -0.322. The van der Waals surface area contributed by atoms with Gasteiger partial charge in [0.25, 0.3) is 0 Å². The van der Waals surface area contributed by atoms with E-state index in [0.717, 1.165) is 24.9 Å². The number of benzene rings is 2. The van der Waals surface area contributed by atoms with Gasteiger partial charge in [0.05, 0.1) is 16.1 Å². The molecule has 2 fully saturated rings. The monoisotopic (exact) mass is 364 g/mol. The van der Waals surface area contributed by atoms with Crippen molar-refractivity contribution in [1.82, 2.24) is 4.90 Å². The Kier molecular flexibility index (Phi) is 3.99. The summed E-state index contributed by atoms with van der Waals surface area (Å²) in [6.45, 7) is 0.846. The Balaban J connectivity index is 1.81. The summed E-state index contributed by atoms with van der Waals surface area (Å²) in [4.78, 5) is 16.9. The maximum absolute atomic E-state index is 13.3. The summed E-state index contributed by atoms with van der Waals surface area (Å²) in [5.41, 5.74) is 1.60. The van der Waals surface area contributed by atoms with Crippen LogP contribution in [0.5, 0.6) is 0 Å². The lowest BCUT2D eigenvalue weighted by Crippen LogP contribution is -2.32. The van der Waals surface area contributed by atoms with Crippen LogP contribution in [0.4, 0.5) is 10.1 Å². The van der Waals surface area contributed by atoms with Gasteiger partial charge < -0.3 is 0 Å². The Morgan fingerprint density at radius 2 is 1.79 bits per heavy atom. The Morgan fingerprint density at radius 1 is 1.04 bits per heavy atom. The van der Waals surface area contributed by atoms with Crippen molar-refractivity contribution in [3.05, 3.63) is 63.9 Å². The van der Waals surface area contributed by atoms with Gasteiger partial charge in [-0.25, -0.2) is 4.39 Å². The molecule has 2 heterocycles. The average molecular weight is 365 g/mol. The summed E-state index contributed by atoms with van der Waals surface area (Å²) in [7, 11) is 0. The van der Waals surface area contributed by atoms with Crippen molar-refractivity contribution in [3.63, 3.8) is 0 Å². The van der Waals surface area contributed by atoms with E-state index in [1.165, 1.54) is 12.1 Å². The van der Waals surface area contributed by atoms with Gasteiger partial charge in [-0.15, -0.1) is 0 Å². The van der Waals surface area contributed by atoms with Crippen LogP contribution >= 0.6 is 23.2 Å². The minimum Gasteiger partial charge on any atom is -0.291 e. The van der Waals surface area contributed by atoms with Crippen LogP contribution in [0.25, 0.3) is 0 Å². The van der Waals surface area contributed by atoms with E-state index < -0.39 is 0 Å². The second-order valence-corrected chi connectivity index (χ2v) is 6.94. The molecule has 4 rings (SSSR count). The summed E-state index contributed by atoms with van der Waals surface area (Å²) in [6, 6.07) is 11.3. The molecule has 0 spiro atoms. The van der Waals surface area contributed by atoms with Gasteiger partial charge in [0, 0.05) is 12.2 Å². The zero-order valence-corrected chi connectivity index (χ0v) is 14.3. The van der Waals surface area contributed by atoms with E-state index in [2.05, 4.69) is 4.90 Å². The SMILES string of the molecule is O=C1[C@@H]2CCCN2[C@@H](c2ccc(Cl)c(Cl)c2)N1c1ccc(F)cc1. The number of hydrogen-bond acceptors (Lipinski definition) is 2. The molecule has 2 aliphatic rings. The van der Waals surface area contributed by atoms with E-state index in [-0.39, 0.29) is 23.9 Å². The highest BCUT2D eigenvalue weighted by Gasteiger charge is 2.49. The number of anilines is 1. The fourth-order valence-electron chi connectivity index (χ4n) is 3.66. The molecule has 1 amide bonds. The molecule has 6 heteroatoms. The van der Waals surface area contributed by atoms with Crippen LogP contribution in [0, 0.1) is 5.82 Å². The Morgan fingerprint density at radius 3 is 2.50 bits per heavy atom. The summed E-state index contributed by atoms with van der Waals surface area (Å²) >= 11 is 12.2. The Labute approximate surface area is 149 Å². The molecule has 0 saturated carbocycles. The van der Waals surface area contributed by atoms with Crippen LogP contribution in [0.2, 0.25) is 10.0 Å². The first-order valence-electron chi connectivity index (χ1n) is 7.85. The molecule has 0 N–H and O–H groups in total. The van der Waals surface area contributed by atoms with Gasteiger partial charge >= 0.3 is 0 Å². The lowest BCUT2D eigenvalue weighted by Gasteiger charge is -2.30. The molecule has 0 radical (unpaired) electrons. The predicted octanol–water partition coefficient (Wildman–Crippen LogP) is 4.64. The van der Waals surface area contributed by atoms with Crippen molar-refractivity contribution in [3.8, 4) is 0 Å². The maximum atomic E-state index is 13.3. The molecule has 2 saturated heterocycles. The molecule has 3 nitrogen and oxygen atoms in total. The van der Waals surface area contributed by atoms with E-state index >= 15 is 0 Å². The number of carbonyl (C=O) groups excluding carboxylic acids is 1. The molecular weight excluding hydrogens is 350 g/mol. The highest BCUT2D eigenvalue weighted by atomic mass is 35.5. The molecule has 0 unspecified atom stereocenters. The molecular formula is C18H15Cl2FN2O. The number of hydrogen-bond donors (Lipinski definition) is 0. The predicted molar refractivity (Wildman–Crippen MR) is 92.8 cm³/mol. The van der Waals surface area contributed by atoms with Gasteiger partial charge in [-0.3, -0.25) is 14.6 Å². The first-order chi connectivity index (χ1) is 11.6. The summed E-state index contributed by atoms with van der Waals surface area (Å²) < 4.78 is 13.3. The topological polar surface area (TPSA) is 23.6 Å². The van der Waals surface area contributed by atoms with Crippen LogP contribution in [-0.4, -0.2) is 23.4 Å². The number of halogens is 3. The number of rotatable bonds is 2. The lowest BCUT2D eigenvalue weighted by atomic mass is 10.1. The molecule has 124 valence electrons. The van der Waals surface area contributed by atoms with Gasteiger partial charge in [-0.2, -0.15) is 0 Å².